The first-order valence-electron chi connectivity index (χ1n) is 7.38. The van der Waals surface area contributed by atoms with Gasteiger partial charge >= 0.3 is 0 Å². The summed E-state index contributed by atoms with van der Waals surface area (Å²) < 4.78 is 0. The van der Waals surface area contributed by atoms with Gasteiger partial charge in [-0.05, 0) is 12.8 Å². The van der Waals surface area contributed by atoms with Gasteiger partial charge in [0.2, 0.25) is 0 Å². The van der Waals surface area contributed by atoms with Gasteiger partial charge in [0.15, 0.2) is 11.5 Å². The number of hydrogen-bond acceptors (Lipinski definition) is 8. The van der Waals surface area contributed by atoms with Crippen LogP contribution >= 0.6 is 12.2 Å². The molecule has 8 nitrogen and oxygen atoms in total. The number of aromatic nitrogens is 2. The summed E-state index contributed by atoms with van der Waals surface area (Å²) >= 11 is 4.83. The molecule has 1 heterocycles. The van der Waals surface area contributed by atoms with E-state index in [4.69, 9.17) is 29.4 Å². The second-order valence-electron chi connectivity index (χ2n) is 5.38. The van der Waals surface area contributed by atoms with E-state index in [2.05, 4.69) is 20.6 Å². The number of nitrogens with one attached hydrogen (secondary N) is 2. The second-order valence-corrected chi connectivity index (χ2v) is 5.62. The van der Waals surface area contributed by atoms with Crippen molar-refractivity contribution in [3.05, 3.63) is 23.8 Å². The highest BCUT2D eigenvalue weighted by molar-refractivity contribution is 7.79. The third kappa shape index (κ3) is 4.36. The number of rotatable bonds is 6. The lowest BCUT2D eigenvalue weighted by Crippen LogP contribution is -2.42. The molecule has 8 N–H and O–H groups in total. The van der Waals surface area contributed by atoms with Crippen LogP contribution in [0.15, 0.2) is 18.1 Å². The fourth-order valence-corrected chi connectivity index (χ4v) is 2.64. The van der Waals surface area contributed by atoms with Crippen LogP contribution in [-0.4, -0.2) is 33.3 Å². The number of carbonyl (C=O) groups excluding carboxylic acids is 1. The molecule has 1 fully saturated rings. The number of hydrogen-bond donors (Lipinski definition) is 5. The summed E-state index contributed by atoms with van der Waals surface area (Å²) in [4.78, 5) is 19.9. The lowest BCUT2D eigenvalue weighted by atomic mass is 9.91. The molecule has 1 unspecified atom stereocenters. The highest BCUT2D eigenvalue weighted by Crippen LogP contribution is 2.21. The molecule has 124 valence electrons. The molecule has 0 bridgehead atoms. The Morgan fingerprint density at radius 3 is 2.74 bits per heavy atom. The second kappa shape index (κ2) is 7.84. The van der Waals surface area contributed by atoms with Crippen LogP contribution in [-0.2, 0) is 0 Å². The summed E-state index contributed by atoms with van der Waals surface area (Å²) in [5.74, 6) is 0.0203. The first kappa shape index (κ1) is 17.1. The van der Waals surface area contributed by atoms with E-state index in [1.54, 1.807) is 0 Å². The van der Waals surface area contributed by atoms with Gasteiger partial charge in [-0.25, -0.2) is 9.97 Å². The molecule has 1 aromatic rings. The molecule has 1 aliphatic rings. The Morgan fingerprint density at radius 1 is 1.39 bits per heavy atom. The number of nitrogens with two attached hydrogens (primary N) is 3. The molecule has 23 heavy (non-hydrogen) atoms. The van der Waals surface area contributed by atoms with Crippen LogP contribution in [0, 0.1) is 0 Å². The predicted octanol–water partition coefficient (Wildman–Crippen LogP) is 0.469. The summed E-state index contributed by atoms with van der Waals surface area (Å²) in [6, 6.07) is 0.193. The highest BCUT2D eigenvalue weighted by atomic mass is 32.1. The molecular weight excluding hydrogens is 314 g/mol. The van der Waals surface area contributed by atoms with Crippen molar-refractivity contribution in [3.63, 3.8) is 0 Å². The zero-order valence-corrected chi connectivity index (χ0v) is 13.5. The number of amides is 1. The van der Waals surface area contributed by atoms with E-state index in [0.29, 0.717) is 11.5 Å². The topological polar surface area (TPSA) is 145 Å². The molecule has 0 spiro atoms. The normalized spacial score (nSPS) is 21.5. The number of thiocarbonyl (C=S) groups is 1. The minimum Gasteiger partial charge on any atom is -0.403 e. The number of anilines is 2. The van der Waals surface area contributed by atoms with E-state index < -0.39 is 5.91 Å². The van der Waals surface area contributed by atoms with Gasteiger partial charge in [-0.15, -0.1) is 0 Å². The van der Waals surface area contributed by atoms with E-state index in [-0.39, 0.29) is 23.6 Å². The van der Waals surface area contributed by atoms with Gasteiger partial charge in [0.25, 0.3) is 5.91 Å². The lowest BCUT2D eigenvalue weighted by Gasteiger charge is -2.29. The Kier molecular flexibility index (Phi) is 5.83. The van der Waals surface area contributed by atoms with Crippen LogP contribution < -0.4 is 27.8 Å². The van der Waals surface area contributed by atoms with Crippen molar-refractivity contribution >= 4 is 35.1 Å². The van der Waals surface area contributed by atoms with Crippen LogP contribution in [0.25, 0.3) is 0 Å². The monoisotopic (exact) mass is 335 g/mol. The van der Waals surface area contributed by atoms with Crippen LogP contribution in [0.5, 0.6) is 0 Å². The molecule has 1 saturated carbocycles. The van der Waals surface area contributed by atoms with Crippen molar-refractivity contribution in [2.45, 2.75) is 37.8 Å². The fourth-order valence-electron chi connectivity index (χ4n) is 2.50. The van der Waals surface area contributed by atoms with Crippen molar-refractivity contribution in [3.8, 4) is 0 Å². The molecule has 9 heteroatoms. The lowest BCUT2D eigenvalue weighted by molar-refractivity contribution is 0.0996. The van der Waals surface area contributed by atoms with Crippen molar-refractivity contribution in [1.82, 2.24) is 9.97 Å². The van der Waals surface area contributed by atoms with Gasteiger partial charge in [-0.1, -0.05) is 25.1 Å². The largest absolute Gasteiger partial charge is 0.403 e. The van der Waals surface area contributed by atoms with Gasteiger partial charge in [0, 0.05) is 23.7 Å². The van der Waals surface area contributed by atoms with E-state index >= 15 is 0 Å². The maximum Gasteiger partial charge on any atom is 0.271 e. The maximum atomic E-state index is 11.5. The highest BCUT2D eigenvalue weighted by Gasteiger charge is 2.22. The average molecular weight is 335 g/mol. The zero-order valence-electron chi connectivity index (χ0n) is 12.7. The molecule has 2 atom stereocenters. The number of carbonyl (C=O) groups is 1. The van der Waals surface area contributed by atoms with Gasteiger partial charge in [0.1, 0.15) is 5.82 Å². The molecular formula is C14H21N7OS. The van der Waals surface area contributed by atoms with E-state index in [1.807, 2.05) is 0 Å². The molecule has 0 radical (unpaired) electrons. The third-order valence-corrected chi connectivity index (χ3v) is 3.98. The molecule has 0 aromatic carbocycles. The standard InChI is InChI=1S/C14H21N7OS/c15-5-8(7-23)19-14-12(13(17)22)18-6-11(21-14)20-10-4-2-1-3-9(10)16/h5-7,9-10H,1-4,15-16H2,(H2,17,22)(H2,19,20,21)/b8-5+/t9-,10?/m0/s1. The minimum absolute atomic E-state index is 0.0136. The van der Waals surface area contributed by atoms with E-state index in [0.717, 1.165) is 25.7 Å². The Labute approximate surface area is 139 Å². The molecule has 1 aliphatic carbocycles. The molecule has 0 aliphatic heterocycles. The van der Waals surface area contributed by atoms with Crippen molar-refractivity contribution < 1.29 is 4.79 Å². The molecule has 0 saturated heterocycles. The predicted molar refractivity (Wildman–Crippen MR) is 94.0 cm³/mol. The summed E-state index contributed by atoms with van der Waals surface area (Å²) in [5, 5.41) is 7.45. The van der Waals surface area contributed by atoms with Crippen LogP contribution in [0.2, 0.25) is 0 Å². The van der Waals surface area contributed by atoms with Crippen molar-refractivity contribution in [2.75, 3.05) is 10.6 Å². The van der Waals surface area contributed by atoms with Crippen LogP contribution in [0.3, 0.4) is 0 Å². The Bertz CT molecular complexity index is 619. The van der Waals surface area contributed by atoms with Crippen molar-refractivity contribution in [2.24, 2.45) is 17.2 Å². The SMILES string of the molecule is N/C=C(\C=S)Nc1nc(NC2CCCC[C@@H]2N)cnc1C(N)=O. The van der Waals surface area contributed by atoms with Gasteiger partial charge < -0.3 is 27.8 Å². The Balaban J connectivity index is 2.24. The maximum absolute atomic E-state index is 11.5. The Morgan fingerprint density at radius 2 is 2.13 bits per heavy atom. The quantitative estimate of drug-likeness (QED) is 0.372. The summed E-state index contributed by atoms with van der Waals surface area (Å²) in [6.45, 7) is 0. The van der Waals surface area contributed by atoms with Crippen LogP contribution in [0.1, 0.15) is 36.2 Å². The number of nitrogens with zero attached hydrogens (tertiary/aromatic N) is 2. The smallest absolute Gasteiger partial charge is 0.271 e. The van der Waals surface area contributed by atoms with Crippen LogP contribution in [0.4, 0.5) is 11.6 Å². The summed E-state index contributed by atoms with van der Waals surface area (Å²) in [5.41, 5.74) is 17.3. The molecule has 1 amide bonds. The zero-order chi connectivity index (χ0) is 16.8. The minimum atomic E-state index is -0.693. The van der Waals surface area contributed by atoms with Gasteiger partial charge in [0.05, 0.1) is 11.9 Å². The van der Waals surface area contributed by atoms with E-state index in [1.165, 1.54) is 17.8 Å². The first-order valence-corrected chi connectivity index (χ1v) is 7.85. The van der Waals surface area contributed by atoms with Gasteiger partial charge in [-0.3, -0.25) is 4.79 Å². The first-order chi connectivity index (χ1) is 11.0. The third-order valence-electron chi connectivity index (χ3n) is 3.73. The molecule has 2 rings (SSSR count). The van der Waals surface area contributed by atoms with Gasteiger partial charge in [-0.2, -0.15) is 0 Å². The Hall–Kier alpha value is -2.26. The molecule has 1 aromatic heterocycles. The summed E-state index contributed by atoms with van der Waals surface area (Å²) in [7, 11) is 0. The summed E-state index contributed by atoms with van der Waals surface area (Å²) in [6.07, 6.45) is 6.94. The number of primary amides is 1. The average Bonchev–Trinajstić information content (AvgIpc) is 2.54. The number of allylic oxidation sites excluding steroid dienone is 1. The van der Waals surface area contributed by atoms with Crippen molar-refractivity contribution in [1.29, 1.82) is 0 Å². The fraction of sp³-hybridized carbons (Fsp3) is 0.429. The van der Waals surface area contributed by atoms with E-state index in [9.17, 15) is 4.79 Å².